The Morgan fingerprint density at radius 3 is 0.560 bits per heavy atom. The van der Waals surface area contributed by atoms with E-state index in [9.17, 15) is 0 Å². The van der Waals surface area contributed by atoms with Gasteiger partial charge in [0.15, 0.2) is 0 Å². The van der Waals surface area contributed by atoms with Crippen molar-refractivity contribution in [1.29, 1.82) is 0 Å². The first-order valence-corrected chi connectivity index (χ1v) is 30.8. The van der Waals surface area contributed by atoms with Crippen molar-refractivity contribution in [2.24, 2.45) is 14.0 Å². The summed E-state index contributed by atoms with van der Waals surface area (Å²) in [5, 5.41) is 0. The maximum atomic E-state index is 5.11. The molecule has 0 saturated heterocycles. The Bertz CT molecular complexity index is 2340. The molecule has 0 aromatic heterocycles. The van der Waals surface area contributed by atoms with Crippen LogP contribution in [0.4, 0.5) is 22.7 Å². The third-order valence-electron chi connectivity index (χ3n) is 13.0. The molecule has 2 N–H and O–H groups in total. The molecule has 0 atom stereocenters. The normalized spacial score (nSPS) is 11.4. The van der Waals surface area contributed by atoms with Crippen LogP contribution in [-0.4, -0.2) is 5.48 Å². The largest absolute Gasteiger partial charge is 0.412 e. The average molecular weight is 1180 g/mol. The number of hydrogen-bond donors (Lipinski definition) is 0. The standard InChI is InChI=1S/4C12H17N.2C10H13.2Mo.H2O/c4*1-8(2)10-6-5-7-11(9(3)4)12(10)13;2*1-10(2,3)9-7-5-4-6-8-9;;;/h4*5-9H,1-4H3;2*4-8H,1H2,2-3H3;;;1H2/q;;;;2*-1;;;. The van der Waals surface area contributed by atoms with E-state index in [2.05, 4.69) is 249 Å². The van der Waals surface area contributed by atoms with Gasteiger partial charge in [-0.05, 0) is 0 Å². The maximum Gasteiger partial charge on any atom is -0.0611 e. The maximum absolute atomic E-state index is 5.11. The van der Waals surface area contributed by atoms with Gasteiger partial charge in [-0.2, -0.15) is 0 Å². The summed E-state index contributed by atoms with van der Waals surface area (Å²) in [7, 11) is 0. The van der Waals surface area contributed by atoms with Gasteiger partial charge >= 0.3 is 349 Å². The first-order chi connectivity index (χ1) is 34.7. The van der Waals surface area contributed by atoms with Crippen LogP contribution in [0.25, 0.3) is 0 Å². The van der Waals surface area contributed by atoms with Gasteiger partial charge in [0.2, 0.25) is 0 Å². The van der Waals surface area contributed by atoms with Gasteiger partial charge < -0.3 is 19.3 Å². The summed E-state index contributed by atoms with van der Waals surface area (Å²) in [5.41, 5.74) is 18.2. The molecule has 5 nitrogen and oxygen atoms in total. The molecule has 0 radical (unpaired) electrons. The van der Waals surface area contributed by atoms with Gasteiger partial charge in [-0.15, -0.1) is 10.8 Å². The molecule has 0 heterocycles. The summed E-state index contributed by atoms with van der Waals surface area (Å²) >= 11 is -1.71. The fourth-order valence-corrected chi connectivity index (χ4v) is 11.5. The molecular formula is C68H96Mo2N4O-2. The second kappa shape index (κ2) is 31.9. The second-order valence-electron chi connectivity index (χ2n) is 23.4. The van der Waals surface area contributed by atoms with Crippen molar-refractivity contribution in [3.63, 3.8) is 0 Å². The van der Waals surface area contributed by atoms with Gasteiger partial charge in [0.05, 0.1) is 0 Å². The van der Waals surface area contributed by atoms with Gasteiger partial charge in [0.1, 0.15) is 0 Å². The van der Waals surface area contributed by atoms with Gasteiger partial charge in [0.25, 0.3) is 0 Å². The Labute approximate surface area is 474 Å². The molecule has 0 spiro atoms. The van der Waals surface area contributed by atoms with E-state index >= 15 is 0 Å². The quantitative estimate of drug-likeness (QED) is 0.0769. The third kappa shape index (κ3) is 21.0. The summed E-state index contributed by atoms with van der Waals surface area (Å²) < 4.78 is 20.4. The Kier molecular flexibility index (Phi) is 28.5. The van der Waals surface area contributed by atoms with E-state index in [1.165, 1.54) is 78.4 Å². The molecule has 6 aromatic rings. The minimum atomic E-state index is -0.857. The van der Waals surface area contributed by atoms with Gasteiger partial charge in [-0.25, -0.2) is 0 Å². The van der Waals surface area contributed by atoms with Gasteiger partial charge in [-0.3, -0.25) is 0 Å². The molecule has 0 aliphatic rings. The molecule has 0 fully saturated rings. The zero-order valence-corrected chi connectivity index (χ0v) is 53.9. The summed E-state index contributed by atoms with van der Waals surface area (Å²) in [4.78, 5) is 0. The fourth-order valence-electron chi connectivity index (χ4n) is 8.45. The van der Waals surface area contributed by atoms with Crippen LogP contribution in [0, 0.1) is 13.8 Å². The number of nitrogens with zero attached hydrogens (tertiary/aromatic N) is 4. The molecule has 0 aliphatic carbocycles. The summed E-state index contributed by atoms with van der Waals surface area (Å²) in [6.45, 7) is 52.6. The Balaban J connectivity index is 0.000000374. The van der Waals surface area contributed by atoms with Crippen LogP contribution in [0.5, 0.6) is 0 Å². The van der Waals surface area contributed by atoms with Crippen molar-refractivity contribution in [3.8, 4) is 0 Å². The molecule has 7 heteroatoms. The molecular weight excluding hydrogens is 1080 g/mol. The minimum absolute atomic E-state index is 0. The van der Waals surface area contributed by atoms with Crippen LogP contribution in [0.2, 0.25) is 0 Å². The fraction of sp³-hybridized carbons (Fsp3) is 0.441. The molecule has 75 heavy (non-hydrogen) atoms. The first kappa shape index (κ1) is 67.0. The molecule has 6 aromatic carbocycles. The van der Waals surface area contributed by atoms with Crippen molar-refractivity contribution in [1.82, 2.24) is 0 Å². The van der Waals surface area contributed by atoms with Crippen LogP contribution in [0.1, 0.15) is 241 Å². The molecule has 0 saturated carbocycles. The number of hydrogen-bond acceptors (Lipinski definition) is 4. The van der Waals surface area contributed by atoms with E-state index in [0.29, 0.717) is 47.3 Å². The monoisotopic (exact) mass is 1180 g/mol. The predicted octanol–water partition coefficient (Wildman–Crippen LogP) is 22.0. The zero-order valence-electron chi connectivity index (χ0n) is 49.8. The third-order valence-corrected chi connectivity index (χ3v) is 15.6. The van der Waals surface area contributed by atoms with Crippen LogP contribution < -0.4 is 0 Å². The van der Waals surface area contributed by atoms with Crippen LogP contribution in [0.15, 0.2) is 147 Å². The van der Waals surface area contributed by atoms with Crippen molar-refractivity contribution >= 4 is 22.7 Å². The van der Waals surface area contributed by atoms with Gasteiger partial charge in [0, 0.05) is 0 Å². The van der Waals surface area contributed by atoms with Gasteiger partial charge in [-0.1, -0.05) is 99.5 Å². The van der Waals surface area contributed by atoms with E-state index in [-0.39, 0.29) is 16.3 Å². The van der Waals surface area contributed by atoms with Crippen molar-refractivity contribution in [3.05, 3.63) is 203 Å². The Hall–Kier alpha value is -4.14. The topological polar surface area (TPSA) is 80.9 Å². The average Bonchev–Trinajstić information content (AvgIpc) is 3.34. The van der Waals surface area contributed by atoms with Crippen LogP contribution in [-0.2, 0) is 47.2 Å². The Morgan fingerprint density at radius 2 is 0.440 bits per heavy atom. The Morgan fingerprint density at radius 1 is 0.280 bits per heavy atom. The minimum Gasteiger partial charge on any atom is -0.412 e. The first-order valence-electron chi connectivity index (χ1n) is 27.2. The van der Waals surface area contributed by atoms with E-state index in [1.807, 2.05) is 36.4 Å². The zero-order chi connectivity index (χ0) is 55.5. The predicted molar refractivity (Wildman–Crippen MR) is 320 cm³/mol. The van der Waals surface area contributed by atoms with Crippen molar-refractivity contribution in [2.75, 3.05) is 0 Å². The number of benzene rings is 6. The molecule has 0 bridgehead atoms. The number of rotatable bonds is 14. The molecule has 408 valence electrons. The van der Waals surface area contributed by atoms with Crippen molar-refractivity contribution in [2.45, 2.75) is 197 Å². The molecule has 0 unspecified atom stereocenters. The SMILES string of the molecule is CC(C)c1cccc(C(C)C)c1[N]=[Mo]=[N]c1c(C(C)C)cccc1C(C)C.CC(C)c1cccc(C(C)C)c1[N]=[Mo]=[N]c1c(C(C)C)cccc1C(C)C.O.[CH2-]C(C)(C)c1ccccc1.[CH2-]C(C)(C)c1ccccc1. The molecule has 0 amide bonds. The van der Waals surface area contributed by atoms with E-state index < -0.39 is 36.4 Å². The molecule has 0 aliphatic heterocycles. The second-order valence-corrected chi connectivity index (χ2v) is 26.0. The van der Waals surface area contributed by atoms with Crippen LogP contribution in [0.3, 0.4) is 0 Å². The van der Waals surface area contributed by atoms with Crippen LogP contribution >= 0.6 is 0 Å². The van der Waals surface area contributed by atoms with E-state index in [4.69, 9.17) is 14.0 Å². The van der Waals surface area contributed by atoms with E-state index in [0.717, 1.165) is 0 Å². The smallest absolute Gasteiger partial charge is 0.0611 e. The molecule has 6 rings (SSSR count). The summed E-state index contributed by atoms with van der Waals surface area (Å²) in [5.74, 6) is 3.81. The van der Waals surface area contributed by atoms with E-state index in [1.54, 1.807) is 0 Å². The summed E-state index contributed by atoms with van der Waals surface area (Å²) in [6.07, 6.45) is 0. The van der Waals surface area contributed by atoms with Crippen molar-refractivity contribution < 1.29 is 41.9 Å². The summed E-state index contributed by atoms with van der Waals surface area (Å²) in [6, 6.07) is 47.1.